The quantitative estimate of drug-likeness (QED) is 0.311. The molecule has 3 amide bonds. The van der Waals surface area contributed by atoms with Crippen LogP contribution < -0.4 is 10.8 Å². The average molecular weight is 505 g/mol. The predicted octanol–water partition coefficient (Wildman–Crippen LogP) is 2.71. The van der Waals surface area contributed by atoms with Crippen LogP contribution in [0.15, 0.2) is 48.5 Å². The second kappa shape index (κ2) is 9.85. The normalized spacial score (nSPS) is 18.2. The number of benzene rings is 2. The minimum absolute atomic E-state index is 0.0668. The van der Waals surface area contributed by atoms with Crippen molar-refractivity contribution in [3.63, 3.8) is 0 Å². The molecule has 1 aliphatic heterocycles. The lowest BCUT2D eigenvalue weighted by atomic mass is 9.90. The largest absolute Gasteiger partial charge is 0.465 e. The number of nitrogens with zero attached hydrogens (tertiary/aromatic N) is 3. The van der Waals surface area contributed by atoms with Crippen molar-refractivity contribution in [2.45, 2.75) is 25.2 Å². The number of hydroxylamine groups is 1. The molecule has 10 nitrogen and oxygen atoms in total. The van der Waals surface area contributed by atoms with E-state index in [0.29, 0.717) is 11.1 Å². The van der Waals surface area contributed by atoms with Crippen LogP contribution in [0.2, 0.25) is 0 Å². The van der Waals surface area contributed by atoms with Gasteiger partial charge in [0, 0.05) is 25.2 Å². The number of para-hydroxylation sites is 2. The Bertz CT molecular complexity index is 1290. The summed E-state index contributed by atoms with van der Waals surface area (Å²) in [5.41, 5.74) is 2.73. The van der Waals surface area contributed by atoms with Crippen LogP contribution in [0.25, 0.3) is 11.0 Å². The lowest BCUT2D eigenvalue weighted by Gasteiger charge is -2.36. The van der Waals surface area contributed by atoms with Crippen molar-refractivity contribution in [3.8, 4) is 0 Å². The molecule has 2 aromatic carbocycles. The maximum atomic E-state index is 13.6. The van der Waals surface area contributed by atoms with E-state index in [1.807, 2.05) is 0 Å². The highest BCUT2D eigenvalue weighted by atomic mass is 19.4. The number of nitrogens with one attached hydrogen (secondary N) is 2. The predicted molar refractivity (Wildman–Crippen MR) is 119 cm³/mol. The van der Waals surface area contributed by atoms with Gasteiger partial charge in [-0.05, 0) is 36.2 Å². The van der Waals surface area contributed by atoms with E-state index in [0.717, 1.165) is 9.47 Å². The number of carbonyl (C=O) groups excluding carboxylic acids is 2. The van der Waals surface area contributed by atoms with Crippen LogP contribution in [0.1, 0.15) is 28.2 Å². The summed E-state index contributed by atoms with van der Waals surface area (Å²) in [6.07, 6.45) is -5.75. The molecule has 0 bridgehead atoms. The molecule has 1 aromatic heterocycles. The lowest BCUT2D eigenvalue weighted by Crippen LogP contribution is -2.57. The summed E-state index contributed by atoms with van der Waals surface area (Å²) in [5.74, 6) is -3.21. The van der Waals surface area contributed by atoms with E-state index < -0.39 is 41.9 Å². The first-order valence-electron chi connectivity index (χ1n) is 10.9. The van der Waals surface area contributed by atoms with Gasteiger partial charge in [0.25, 0.3) is 5.91 Å². The van der Waals surface area contributed by atoms with Crippen molar-refractivity contribution >= 4 is 28.9 Å². The van der Waals surface area contributed by atoms with Gasteiger partial charge in [-0.2, -0.15) is 13.2 Å². The van der Waals surface area contributed by atoms with Gasteiger partial charge in [-0.15, -0.1) is 0 Å². The molecule has 1 saturated heterocycles. The number of alkyl halides is 3. The van der Waals surface area contributed by atoms with Crippen LogP contribution in [0.3, 0.4) is 0 Å². The minimum atomic E-state index is -4.65. The molecule has 0 spiro atoms. The molecule has 1 fully saturated rings. The van der Waals surface area contributed by atoms with Gasteiger partial charge in [-0.25, -0.2) is 15.3 Å². The van der Waals surface area contributed by atoms with Gasteiger partial charge in [0.05, 0.1) is 23.0 Å². The Morgan fingerprint density at radius 1 is 1.08 bits per heavy atom. The first-order chi connectivity index (χ1) is 17.1. The molecule has 0 radical (unpaired) electrons. The molecule has 4 rings (SSSR count). The number of halogens is 3. The number of fused-ring (bicyclic) bond motifs is 1. The Kier molecular flexibility index (Phi) is 6.84. The number of carbonyl (C=O) groups is 3. The molecule has 0 saturated carbocycles. The zero-order chi connectivity index (χ0) is 26.0. The molecule has 4 N–H and O–H groups in total. The van der Waals surface area contributed by atoms with Crippen molar-refractivity contribution in [2.75, 3.05) is 13.1 Å². The number of hydrogen-bond acceptors (Lipinski definition) is 5. The monoisotopic (exact) mass is 505 g/mol. The molecular formula is C23H22F3N5O5. The number of hydrogen-bond donors (Lipinski definition) is 4. The van der Waals surface area contributed by atoms with E-state index in [1.165, 1.54) is 35.8 Å². The van der Waals surface area contributed by atoms with Crippen LogP contribution in [-0.2, 0) is 17.5 Å². The Balaban J connectivity index is 1.52. The zero-order valence-corrected chi connectivity index (χ0v) is 18.7. The standard InChI is InChI=1S/C23H22F3N5O5/c24-23(25,26)21-28-16-3-1-2-4-18(16)31(21)11-13-5-7-14(8-6-13)19(32)27-17-12-30(22(34)35)10-9-15(17)20(33)29-36/h1-8,15,17,36H,9-12H2,(H,27,32)(H,29,33)(H,34,35)/t15-,17+/m0/s1. The Labute approximate surface area is 202 Å². The SMILES string of the molecule is O=C(N[C@@H]1CN(C(=O)O)CC[C@@H]1C(=O)NO)c1ccc(Cn2c(C(F)(F)F)nc3ccccc32)cc1. The molecule has 13 heteroatoms. The van der Waals surface area contributed by atoms with Gasteiger partial charge in [0.1, 0.15) is 0 Å². The number of carboxylic acid groups (broad SMARTS) is 1. The first kappa shape index (κ1) is 25.0. The Morgan fingerprint density at radius 3 is 2.42 bits per heavy atom. The second-order valence-corrected chi connectivity index (χ2v) is 8.38. The van der Waals surface area contributed by atoms with Crippen LogP contribution in [-0.4, -0.2) is 61.8 Å². The number of rotatable bonds is 5. The van der Waals surface area contributed by atoms with Crippen LogP contribution in [0, 0.1) is 5.92 Å². The molecule has 0 aliphatic carbocycles. The summed E-state index contributed by atoms with van der Waals surface area (Å²) in [6, 6.07) is 11.2. The van der Waals surface area contributed by atoms with E-state index in [9.17, 15) is 32.7 Å². The molecule has 0 unspecified atom stereocenters. The van der Waals surface area contributed by atoms with Crippen LogP contribution >= 0.6 is 0 Å². The fourth-order valence-corrected chi connectivity index (χ4v) is 4.32. The number of amides is 3. The van der Waals surface area contributed by atoms with Crippen LogP contribution in [0.4, 0.5) is 18.0 Å². The van der Waals surface area contributed by atoms with Crippen molar-refractivity contribution < 1.29 is 37.9 Å². The fraction of sp³-hybridized carbons (Fsp3) is 0.304. The summed E-state index contributed by atoms with van der Waals surface area (Å²) in [7, 11) is 0. The van der Waals surface area contributed by atoms with Gasteiger partial charge < -0.3 is 19.9 Å². The highest BCUT2D eigenvalue weighted by Gasteiger charge is 2.38. The van der Waals surface area contributed by atoms with Gasteiger partial charge in [-0.3, -0.25) is 14.8 Å². The van der Waals surface area contributed by atoms with Gasteiger partial charge in [0.15, 0.2) is 0 Å². The maximum Gasteiger partial charge on any atom is 0.449 e. The summed E-state index contributed by atoms with van der Waals surface area (Å²) in [6.45, 7) is -0.214. The summed E-state index contributed by atoms with van der Waals surface area (Å²) >= 11 is 0. The van der Waals surface area contributed by atoms with E-state index in [-0.39, 0.29) is 37.1 Å². The second-order valence-electron chi connectivity index (χ2n) is 8.38. The summed E-state index contributed by atoms with van der Waals surface area (Å²) in [4.78, 5) is 40.9. The molecule has 1 aliphatic rings. The average Bonchev–Trinajstić information content (AvgIpc) is 3.23. The minimum Gasteiger partial charge on any atom is -0.465 e. The summed E-state index contributed by atoms with van der Waals surface area (Å²) in [5, 5.41) is 20.9. The lowest BCUT2D eigenvalue weighted by molar-refractivity contribution is -0.146. The van der Waals surface area contributed by atoms with Gasteiger partial charge in [0.2, 0.25) is 11.7 Å². The van der Waals surface area contributed by atoms with E-state index in [4.69, 9.17) is 5.21 Å². The van der Waals surface area contributed by atoms with Crippen molar-refractivity contribution in [2.24, 2.45) is 5.92 Å². The Hall–Kier alpha value is -4.13. The highest BCUT2D eigenvalue weighted by molar-refractivity contribution is 5.95. The van der Waals surface area contributed by atoms with Gasteiger partial charge in [-0.1, -0.05) is 24.3 Å². The summed E-state index contributed by atoms with van der Waals surface area (Å²) < 4.78 is 41.7. The van der Waals surface area contributed by atoms with Crippen molar-refractivity contribution in [1.29, 1.82) is 0 Å². The Morgan fingerprint density at radius 2 is 1.78 bits per heavy atom. The zero-order valence-electron chi connectivity index (χ0n) is 18.7. The van der Waals surface area contributed by atoms with Gasteiger partial charge >= 0.3 is 12.3 Å². The highest BCUT2D eigenvalue weighted by Crippen LogP contribution is 2.32. The third-order valence-electron chi connectivity index (χ3n) is 6.11. The van der Waals surface area contributed by atoms with E-state index >= 15 is 0 Å². The number of piperidine rings is 1. The topological polar surface area (TPSA) is 137 Å². The van der Waals surface area contributed by atoms with Crippen LogP contribution in [0.5, 0.6) is 0 Å². The number of imidazole rings is 1. The number of likely N-dealkylation sites (tertiary alicyclic amines) is 1. The molecule has 36 heavy (non-hydrogen) atoms. The van der Waals surface area contributed by atoms with Crippen molar-refractivity contribution in [1.82, 2.24) is 25.2 Å². The smallest absolute Gasteiger partial charge is 0.449 e. The molecule has 3 aromatic rings. The molecule has 2 heterocycles. The fourth-order valence-electron chi connectivity index (χ4n) is 4.32. The molecule has 2 atom stereocenters. The number of aromatic nitrogens is 2. The molecule has 190 valence electrons. The van der Waals surface area contributed by atoms with E-state index in [2.05, 4.69) is 10.3 Å². The first-order valence-corrected chi connectivity index (χ1v) is 10.9. The molecular weight excluding hydrogens is 483 g/mol. The van der Waals surface area contributed by atoms with E-state index in [1.54, 1.807) is 18.2 Å². The maximum absolute atomic E-state index is 13.6. The third-order valence-corrected chi connectivity index (χ3v) is 6.11. The third kappa shape index (κ3) is 5.10. The van der Waals surface area contributed by atoms with Crippen molar-refractivity contribution in [3.05, 3.63) is 65.5 Å².